The van der Waals surface area contributed by atoms with E-state index in [4.69, 9.17) is 4.98 Å². The van der Waals surface area contributed by atoms with Crippen molar-refractivity contribution < 1.29 is 14.7 Å². The van der Waals surface area contributed by atoms with Gasteiger partial charge in [-0.2, -0.15) is 0 Å². The number of aromatic nitrogens is 3. The number of amides is 1. The highest BCUT2D eigenvalue weighted by Crippen LogP contribution is 2.32. The van der Waals surface area contributed by atoms with Crippen LogP contribution < -0.4 is 5.32 Å². The summed E-state index contributed by atoms with van der Waals surface area (Å²) >= 11 is 0. The Labute approximate surface area is 212 Å². The first-order valence-electron chi connectivity index (χ1n) is 12.0. The van der Waals surface area contributed by atoms with Crippen molar-refractivity contribution >= 4 is 45.2 Å². The molecule has 1 aliphatic carbocycles. The van der Waals surface area contributed by atoms with Crippen molar-refractivity contribution in [2.45, 2.75) is 12.8 Å². The van der Waals surface area contributed by atoms with E-state index in [1.165, 1.54) is 0 Å². The Morgan fingerprint density at radius 1 is 0.946 bits per heavy atom. The molecule has 7 nitrogen and oxygen atoms in total. The molecule has 3 aromatic carbocycles. The summed E-state index contributed by atoms with van der Waals surface area (Å²) in [6.07, 6.45) is 9.60. The number of benzene rings is 3. The first kappa shape index (κ1) is 22.4. The van der Waals surface area contributed by atoms with Gasteiger partial charge in [-0.3, -0.25) is 14.3 Å². The van der Waals surface area contributed by atoms with Gasteiger partial charge in [0.2, 0.25) is 0 Å². The van der Waals surface area contributed by atoms with Crippen LogP contribution in [0.1, 0.15) is 33.6 Å². The van der Waals surface area contributed by atoms with Crippen molar-refractivity contribution in [3.05, 3.63) is 108 Å². The first-order valence-corrected chi connectivity index (χ1v) is 12.0. The van der Waals surface area contributed by atoms with Gasteiger partial charge in [-0.05, 0) is 61.4 Å². The van der Waals surface area contributed by atoms with Crippen LogP contribution in [0.3, 0.4) is 0 Å². The number of fused-ring (bicyclic) bond motifs is 2. The molecule has 7 heteroatoms. The van der Waals surface area contributed by atoms with Gasteiger partial charge in [0.05, 0.1) is 27.8 Å². The Bertz CT molecular complexity index is 1760. The average molecular weight is 487 g/mol. The van der Waals surface area contributed by atoms with E-state index in [0.717, 1.165) is 40.5 Å². The van der Waals surface area contributed by atoms with E-state index < -0.39 is 5.97 Å². The van der Waals surface area contributed by atoms with Crippen LogP contribution in [0.25, 0.3) is 39.0 Å². The Morgan fingerprint density at radius 2 is 1.81 bits per heavy atom. The number of hydrogen-bond acceptors (Lipinski definition) is 4. The van der Waals surface area contributed by atoms with Crippen LogP contribution in [0.2, 0.25) is 0 Å². The molecule has 2 heterocycles. The quantitative estimate of drug-likeness (QED) is 0.300. The van der Waals surface area contributed by atoms with E-state index in [-0.39, 0.29) is 11.5 Å². The fourth-order valence-electron chi connectivity index (χ4n) is 4.67. The molecule has 0 aliphatic heterocycles. The highest BCUT2D eigenvalue weighted by Gasteiger charge is 2.19. The molecule has 1 amide bonds. The van der Waals surface area contributed by atoms with Gasteiger partial charge in [0.1, 0.15) is 5.82 Å². The highest BCUT2D eigenvalue weighted by molar-refractivity contribution is 6.08. The van der Waals surface area contributed by atoms with E-state index >= 15 is 0 Å². The summed E-state index contributed by atoms with van der Waals surface area (Å²) in [6, 6.07) is 21.8. The van der Waals surface area contributed by atoms with Crippen molar-refractivity contribution in [3.8, 4) is 11.4 Å². The van der Waals surface area contributed by atoms with Crippen molar-refractivity contribution in [1.29, 1.82) is 0 Å². The van der Waals surface area contributed by atoms with E-state index in [1.54, 1.807) is 30.5 Å². The molecule has 180 valence electrons. The third-order valence-electron chi connectivity index (χ3n) is 6.44. The summed E-state index contributed by atoms with van der Waals surface area (Å²) < 4.78 is 2.05. The number of carbonyl (C=O) groups excluding carboxylic acids is 1. The lowest BCUT2D eigenvalue weighted by Crippen LogP contribution is -2.12. The van der Waals surface area contributed by atoms with Crippen molar-refractivity contribution in [2.24, 2.45) is 0 Å². The second-order valence-electron chi connectivity index (χ2n) is 8.82. The fourth-order valence-corrected chi connectivity index (χ4v) is 4.67. The number of pyridine rings is 1. The number of aromatic carboxylic acids is 1. The van der Waals surface area contributed by atoms with Crippen molar-refractivity contribution in [1.82, 2.24) is 14.5 Å². The zero-order valence-corrected chi connectivity index (χ0v) is 19.8. The molecular weight excluding hydrogens is 464 g/mol. The van der Waals surface area contributed by atoms with E-state index in [1.807, 2.05) is 60.7 Å². The maximum atomic E-state index is 13.3. The maximum Gasteiger partial charge on any atom is 0.335 e. The van der Waals surface area contributed by atoms with Gasteiger partial charge in [0.15, 0.2) is 0 Å². The topological polar surface area (TPSA) is 97.1 Å². The molecule has 0 bridgehead atoms. The molecule has 0 fully saturated rings. The lowest BCUT2D eigenvalue weighted by Gasteiger charge is -2.15. The van der Waals surface area contributed by atoms with Crippen LogP contribution in [-0.4, -0.2) is 31.5 Å². The van der Waals surface area contributed by atoms with Crippen molar-refractivity contribution in [2.75, 3.05) is 5.32 Å². The summed E-state index contributed by atoms with van der Waals surface area (Å²) in [7, 11) is 0. The lowest BCUT2D eigenvalue weighted by atomic mass is 10.1. The molecule has 0 spiro atoms. The number of hydrogen-bond donors (Lipinski definition) is 2. The molecule has 0 saturated heterocycles. The van der Waals surface area contributed by atoms with Gasteiger partial charge >= 0.3 is 5.97 Å². The zero-order chi connectivity index (χ0) is 25.4. The standard InChI is InChI=1S/C30H22N4O3/c35-29(33-24-13-5-7-19-10-6-16-31-27(19)24)21-9-4-8-20(17-21)28-32-25-18-22(30(36)37)14-15-26(25)34(28)23-11-2-1-3-12-23/h1-2,4-11,13-18H,3,12H2,(H,33,35)(H,36,37). The number of para-hydroxylation sites is 1. The third kappa shape index (κ3) is 4.16. The number of imidazole rings is 1. The van der Waals surface area contributed by atoms with Crippen molar-refractivity contribution in [3.63, 3.8) is 0 Å². The Kier molecular flexibility index (Phi) is 5.58. The largest absolute Gasteiger partial charge is 0.478 e. The summed E-state index contributed by atoms with van der Waals surface area (Å²) in [5, 5.41) is 13.4. The Hall–Kier alpha value is -5.04. The molecule has 2 aromatic heterocycles. The number of rotatable bonds is 5. The summed E-state index contributed by atoms with van der Waals surface area (Å²) in [6.45, 7) is 0. The minimum atomic E-state index is -1.00. The number of nitrogens with one attached hydrogen (secondary N) is 1. The van der Waals surface area contributed by atoms with Gasteiger partial charge in [-0.25, -0.2) is 9.78 Å². The Balaban J connectivity index is 1.43. The number of allylic oxidation sites excluding steroid dienone is 4. The predicted octanol–water partition coefficient (Wildman–Crippen LogP) is 6.39. The van der Waals surface area contributed by atoms with Crippen LogP contribution in [0, 0.1) is 0 Å². The zero-order valence-electron chi connectivity index (χ0n) is 19.8. The van der Waals surface area contributed by atoms with Gasteiger partial charge in [-0.1, -0.05) is 42.5 Å². The number of carboxylic acid groups (broad SMARTS) is 1. The minimum Gasteiger partial charge on any atom is -0.478 e. The highest BCUT2D eigenvalue weighted by atomic mass is 16.4. The molecule has 0 atom stereocenters. The number of anilines is 1. The average Bonchev–Trinajstić information content (AvgIpc) is 3.33. The lowest BCUT2D eigenvalue weighted by molar-refractivity contribution is 0.0696. The molecule has 5 aromatic rings. The maximum absolute atomic E-state index is 13.3. The molecule has 1 aliphatic rings. The van der Waals surface area contributed by atoms with Crippen LogP contribution in [0.5, 0.6) is 0 Å². The van der Waals surface area contributed by atoms with Crippen LogP contribution in [0.4, 0.5) is 5.69 Å². The molecule has 6 rings (SSSR count). The fraction of sp³-hybridized carbons (Fsp3) is 0.0667. The summed E-state index contributed by atoms with van der Waals surface area (Å²) in [5.74, 6) is -0.601. The van der Waals surface area contributed by atoms with E-state index in [0.29, 0.717) is 22.6 Å². The number of carbonyl (C=O) groups is 2. The smallest absolute Gasteiger partial charge is 0.335 e. The molecule has 2 N–H and O–H groups in total. The molecule has 0 saturated carbocycles. The van der Waals surface area contributed by atoms with Gasteiger partial charge in [-0.15, -0.1) is 0 Å². The normalized spacial score (nSPS) is 13.0. The summed E-state index contributed by atoms with van der Waals surface area (Å²) in [4.78, 5) is 34.1. The number of carboxylic acids is 1. The molecular formula is C30H22N4O3. The van der Waals surface area contributed by atoms with E-state index in [2.05, 4.69) is 20.9 Å². The van der Waals surface area contributed by atoms with Crippen LogP contribution >= 0.6 is 0 Å². The number of nitrogens with zero attached hydrogens (tertiary/aromatic N) is 3. The predicted molar refractivity (Wildman–Crippen MR) is 144 cm³/mol. The van der Waals surface area contributed by atoms with Gasteiger partial charge in [0, 0.05) is 28.4 Å². The monoisotopic (exact) mass is 486 g/mol. The van der Waals surface area contributed by atoms with Gasteiger partial charge in [0.25, 0.3) is 5.91 Å². The first-order chi connectivity index (χ1) is 18.1. The minimum absolute atomic E-state index is 0.179. The second kappa shape index (κ2) is 9.20. The third-order valence-corrected chi connectivity index (χ3v) is 6.44. The van der Waals surface area contributed by atoms with E-state index in [9.17, 15) is 14.7 Å². The molecule has 0 unspecified atom stereocenters. The molecule has 0 radical (unpaired) electrons. The van der Waals surface area contributed by atoms with Gasteiger partial charge < -0.3 is 10.4 Å². The Morgan fingerprint density at radius 3 is 2.65 bits per heavy atom. The van der Waals surface area contributed by atoms with Crippen LogP contribution in [0.15, 0.2) is 97.2 Å². The SMILES string of the molecule is O=C(O)c1ccc2c(c1)nc(-c1cccc(C(=O)Nc3cccc4cccnc34)c1)n2C1=CC=CCC1. The molecule has 37 heavy (non-hydrogen) atoms. The summed E-state index contributed by atoms with van der Waals surface area (Å²) in [5.41, 5.74) is 5.24. The van der Waals surface area contributed by atoms with Crippen LogP contribution in [-0.2, 0) is 0 Å². The second-order valence-corrected chi connectivity index (χ2v) is 8.82.